The van der Waals surface area contributed by atoms with Crippen molar-refractivity contribution in [1.29, 1.82) is 0 Å². The van der Waals surface area contributed by atoms with Crippen LogP contribution in [-0.2, 0) is 16.0 Å². The van der Waals surface area contributed by atoms with Gasteiger partial charge in [0.2, 0.25) is 11.8 Å². The molecular formula is C20H30N2O3. The molecular weight excluding hydrogens is 316 g/mol. The molecule has 138 valence electrons. The highest BCUT2D eigenvalue weighted by Gasteiger charge is 2.32. The van der Waals surface area contributed by atoms with E-state index in [1.807, 2.05) is 49.9 Å². The fraction of sp³-hybridized carbons (Fsp3) is 0.600. The lowest BCUT2D eigenvalue weighted by molar-refractivity contribution is -0.142. The molecule has 1 aromatic carbocycles. The summed E-state index contributed by atoms with van der Waals surface area (Å²) in [7, 11) is 1.66. The minimum absolute atomic E-state index is 0.00156. The van der Waals surface area contributed by atoms with Crippen molar-refractivity contribution < 1.29 is 14.3 Å². The lowest BCUT2D eigenvalue weighted by Crippen LogP contribution is -2.46. The van der Waals surface area contributed by atoms with E-state index in [1.165, 1.54) is 0 Å². The first-order chi connectivity index (χ1) is 11.8. The maximum atomic E-state index is 12.4. The summed E-state index contributed by atoms with van der Waals surface area (Å²) in [4.78, 5) is 26.6. The number of hydrogen-bond donors (Lipinski definition) is 1. The van der Waals surface area contributed by atoms with Crippen LogP contribution < -0.4 is 10.1 Å². The van der Waals surface area contributed by atoms with E-state index in [-0.39, 0.29) is 23.1 Å². The van der Waals surface area contributed by atoms with Gasteiger partial charge < -0.3 is 15.0 Å². The van der Waals surface area contributed by atoms with Gasteiger partial charge in [-0.05, 0) is 30.9 Å². The van der Waals surface area contributed by atoms with Crippen molar-refractivity contribution in [2.45, 2.75) is 40.0 Å². The van der Waals surface area contributed by atoms with Gasteiger partial charge in [0.1, 0.15) is 5.75 Å². The van der Waals surface area contributed by atoms with Crippen LogP contribution in [0, 0.1) is 11.3 Å². The Hall–Kier alpha value is -2.04. The van der Waals surface area contributed by atoms with Crippen molar-refractivity contribution in [2.24, 2.45) is 11.3 Å². The Labute approximate surface area is 150 Å². The number of benzene rings is 1. The molecule has 2 rings (SSSR count). The van der Waals surface area contributed by atoms with E-state index < -0.39 is 0 Å². The minimum Gasteiger partial charge on any atom is -0.496 e. The van der Waals surface area contributed by atoms with Crippen molar-refractivity contribution in [3.63, 3.8) is 0 Å². The molecule has 0 unspecified atom stereocenters. The van der Waals surface area contributed by atoms with Crippen molar-refractivity contribution in [3.05, 3.63) is 29.8 Å². The fourth-order valence-electron chi connectivity index (χ4n) is 3.19. The first-order valence-corrected chi connectivity index (χ1v) is 9.02. The highest BCUT2D eigenvalue weighted by atomic mass is 16.5. The van der Waals surface area contributed by atoms with Gasteiger partial charge in [0.25, 0.3) is 0 Å². The lowest BCUT2D eigenvalue weighted by Gasteiger charge is -2.35. The molecule has 0 saturated carbocycles. The van der Waals surface area contributed by atoms with Crippen LogP contribution in [0.2, 0.25) is 0 Å². The molecule has 0 bridgehead atoms. The van der Waals surface area contributed by atoms with Gasteiger partial charge in [-0.15, -0.1) is 0 Å². The van der Waals surface area contributed by atoms with E-state index >= 15 is 0 Å². The van der Waals surface area contributed by atoms with Gasteiger partial charge in [-0.2, -0.15) is 0 Å². The third-order valence-corrected chi connectivity index (χ3v) is 4.68. The molecule has 1 fully saturated rings. The van der Waals surface area contributed by atoms with Crippen molar-refractivity contribution in [1.82, 2.24) is 10.2 Å². The van der Waals surface area contributed by atoms with Gasteiger partial charge in [0.15, 0.2) is 0 Å². The molecule has 0 aromatic heterocycles. The van der Waals surface area contributed by atoms with Crippen LogP contribution in [0.1, 0.15) is 39.2 Å². The molecule has 1 aromatic rings. The number of rotatable bonds is 5. The second-order valence-electron chi connectivity index (χ2n) is 7.67. The van der Waals surface area contributed by atoms with Crippen LogP contribution in [0.25, 0.3) is 0 Å². The molecule has 0 spiro atoms. The molecule has 2 amide bonds. The van der Waals surface area contributed by atoms with Gasteiger partial charge in [-0.3, -0.25) is 9.59 Å². The van der Waals surface area contributed by atoms with Gasteiger partial charge in [-0.1, -0.05) is 39.0 Å². The zero-order valence-corrected chi connectivity index (χ0v) is 15.8. The summed E-state index contributed by atoms with van der Waals surface area (Å²) in [5.41, 5.74) is 0.736. The fourth-order valence-corrected chi connectivity index (χ4v) is 3.19. The number of nitrogens with zero attached hydrogens (tertiary/aromatic N) is 1. The smallest absolute Gasteiger partial charge is 0.227 e. The third kappa shape index (κ3) is 5.21. The standard InChI is InChI=1S/C20H30N2O3/c1-20(2,3)19(24)22-13-10-16(11-14-22)18(23)21-12-9-15-7-5-6-8-17(15)25-4/h5-8,16H,9-14H2,1-4H3,(H,21,23). The predicted octanol–water partition coefficient (Wildman–Crippen LogP) is 2.64. The average molecular weight is 346 g/mol. The number of para-hydroxylation sites is 1. The van der Waals surface area contributed by atoms with Crippen LogP contribution in [0.4, 0.5) is 0 Å². The summed E-state index contributed by atoms with van der Waals surface area (Å²) < 4.78 is 5.33. The second kappa shape index (κ2) is 8.37. The Bertz CT molecular complexity index is 599. The zero-order valence-electron chi connectivity index (χ0n) is 15.8. The molecule has 0 aliphatic carbocycles. The summed E-state index contributed by atoms with van der Waals surface area (Å²) in [5.74, 6) is 1.12. The van der Waals surface area contributed by atoms with Crippen LogP contribution in [0.3, 0.4) is 0 Å². The molecule has 5 nitrogen and oxygen atoms in total. The molecule has 5 heteroatoms. The highest BCUT2D eigenvalue weighted by Crippen LogP contribution is 2.23. The number of hydrogen-bond acceptors (Lipinski definition) is 3. The lowest BCUT2D eigenvalue weighted by atomic mass is 9.90. The van der Waals surface area contributed by atoms with Crippen LogP contribution >= 0.6 is 0 Å². The van der Waals surface area contributed by atoms with E-state index in [0.29, 0.717) is 19.6 Å². The van der Waals surface area contributed by atoms with Crippen LogP contribution in [-0.4, -0.2) is 43.5 Å². The number of piperidine rings is 1. The monoisotopic (exact) mass is 346 g/mol. The minimum atomic E-state index is -0.357. The van der Waals surface area contributed by atoms with E-state index in [0.717, 1.165) is 30.6 Å². The molecule has 1 aliphatic rings. The number of carbonyl (C=O) groups is 2. The van der Waals surface area contributed by atoms with E-state index in [9.17, 15) is 9.59 Å². The maximum Gasteiger partial charge on any atom is 0.227 e. The van der Waals surface area contributed by atoms with Crippen molar-refractivity contribution in [3.8, 4) is 5.75 Å². The Kier molecular flexibility index (Phi) is 6.45. The molecule has 0 radical (unpaired) electrons. The predicted molar refractivity (Wildman–Crippen MR) is 98.5 cm³/mol. The molecule has 1 N–H and O–H groups in total. The Morgan fingerprint density at radius 2 is 1.84 bits per heavy atom. The molecule has 1 heterocycles. The molecule has 1 saturated heterocycles. The Morgan fingerprint density at radius 1 is 1.20 bits per heavy atom. The number of likely N-dealkylation sites (tertiary alicyclic amines) is 1. The third-order valence-electron chi connectivity index (χ3n) is 4.68. The van der Waals surface area contributed by atoms with Gasteiger partial charge >= 0.3 is 0 Å². The van der Waals surface area contributed by atoms with Gasteiger partial charge in [0, 0.05) is 31.0 Å². The zero-order chi connectivity index (χ0) is 18.4. The number of methoxy groups -OCH3 is 1. The Morgan fingerprint density at radius 3 is 2.44 bits per heavy atom. The van der Waals surface area contributed by atoms with E-state index in [4.69, 9.17) is 4.74 Å². The first kappa shape index (κ1) is 19.3. The van der Waals surface area contributed by atoms with Crippen LogP contribution in [0.5, 0.6) is 5.75 Å². The SMILES string of the molecule is COc1ccccc1CCNC(=O)C1CCN(C(=O)C(C)(C)C)CC1. The summed E-state index contributed by atoms with van der Waals surface area (Å²) in [6.45, 7) is 7.74. The van der Waals surface area contributed by atoms with Gasteiger partial charge in [-0.25, -0.2) is 0 Å². The summed E-state index contributed by atoms with van der Waals surface area (Å²) in [6.07, 6.45) is 2.22. The highest BCUT2D eigenvalue weighted by molar-refractivity contribution is 5.82. The maximum absolute atomic E-state index is 12.4. The summed E-state index contributed by atoms with van der Waals surface area (Å²) in [6, 6.07) is 7.86. The number of nitrogens with one attached hydrogen (secondary N) is 1. The Balaban J connectivity index is 1.77. The topological polar surface area (TPSA) is 58.6 Å². The number of carbonyl (C=O) groups excluding carboxylic acids is 2. The number of amides is 2. The average Bonchev–Trinajstić information content (AvgIpc) is 2.60. The molecule has 0 atom stereocenters. The van der Waals surface area contributed by atoms with E-state index in [1.54, 1.807) is 7.11 Å². The van der Waals surface area contributed by atoms with Gasteiger partial charge in [0.05, 0.1) is 7.11 Å². The molecule has 1 aliphatic heterocycles. The largest absolute Gasteiger partial charge is 0.496 e. The normalized spacial score (nSPS) is 15.8. The summed E-state index contributed by atoms with van der Waals surface area (Å²) >= 11 is 0. The summed E-state index contributed by atoms with van der Waals surface area (Å²) in [5, 5.41) is 3.03. The van der Waals surface area contributed by atoms with Crippen molar-refractivity contribution >= 4 is 11.8 Å². The quantitative estimate of drug-likeness (QED) is 0.892. The first-order valence-electron chi connectivity index (χ1n) is 9.02. The van der Waals surface area contributed by atoms with Crippen molar-refractivity contribution in [2.75, 3.05) is 26.7 Å². The second-order valence-corrected chi connectivity index (χ2v) is 7.67. The van der Waals surface area contributed by atoms with Crippen LogP contribution in [0.15, 0.2) is 24.3 Å². The number of ether oxygens (including phenoxy) is 1. The van der Waals surface area contributed by atoms with E-state index in [2.05, 4.69) is 5.32 Å². The molecule has 25 heavy (non-hydrogen) atoms.